The minimum atomic E-state index is -1.03. The molecule has 0 bridgehead atoms. The van der Waals surface area contributed by atoms with Crippen LogP contribution in [0.1, 0.15) is 25.8 Å². The lowest BCUT2D eigenvalue weighted by Crippen LogP contribution is -2.43. The van der Waals surface area contributed by atoms with Gasteiger partial charge in [0.05, 0.1) is 6.54 Å². The first kappa shape index (κ1) is 14.7. The summed E-state index contributed by atoms with van der Waals surface area (Å²) in [6, 6.07) is 1.60. The van der Waals surface area contributed by atoms with E-state index in [1.807, 2.05) is 35.9 Å². The van der Waals surface area contributed by atoms with Crippen LogP contribution in [-0.4, -0.2) is 24.2 Å². The second kappa shape index (κ2) is 7.18. The maximum Gasteiger partial charge on any atom is 0.314 e. The summed E-state index contributed by atoms with van der Waals surface area (Å²) in [7, 11) is 0. The quantitative estimate of drug-likeness (QED) is 0.547. The number of urea groups is 1. The van der Waals surface area contributed by atoms with Gasteiger partial charge >= 0.3 is 6.03 Å². The molecule has 0 saturated heterocycles. The van der Waals surface area contributed by atoms with Gasteiger partial charge in [0.15, 0.2) is 0 Å². The topological polar surface area (TPSA) is 61.4 Å². The molecule has 0 saturated carbocycles. The van der Waals surface area contributed by atoms with E-state index >= 15 is 0 Å². The SMILES string of the molecule is CC=CCCNC(=O)NCC(C)(O)c1ccsc1. The zero-order valence-corrected chi connectivity index (χ0v) is 11.6. The number of hydrogen-bond acceptors (Lipinski definition) is 3. The van der Waals surface area contributed by atoms with Crippen molar-refractivity contribution in [1.29, 1.82) is 0 Å². The zero-order valence-electron chi connectivity index (χ0n) is 10.8. The normalized spacial score (nSPS) is 14.4. The van der Waals surface area contributed by atoms with Crippen molar-refractivity contribution in [2.45, 2.75) is 25.9 Å². The van der Waals surface area contributed by atoms with Gasteiger partial charge in [0.25, 0.3) is 0 Å². The molecule has 5 heteroatoms. The minimum Gasteiger partial charge on any atom is -0.384 e. The lowest BCUT2D eigenvalue weighted by atomic mass is 9.99. The number of allylic oxidation sites excluding steroid dienone is 1. The molecule has 1 unspecified atom stereocenters. The van der Waals surface area contributed by atoms with Gasteiger partial charge in [-0.15, -0.1) is 0 Å². The van der Waals surface area contributed by atoms with E-state index in [1.54, 1.807) is 6.92 Å². The van der Waals surface area contributed by atoms with Crippen LogP contribution in [0.5, 0.6) is 0 Å². The van der Waals surface area contributed by atoms with Crippen LogP contribution in [-0.2, 0) is 5.60 Å². The Hall–Kier alpha value is -1.33. The van der Waals surface area contributed by atoms with Gasteiger partial charge in [0.1, 0.15) is 5.60 Å². The van der Waals surface area contributed by atoms with E-state index in [9.17, 15) is 9.90 Å². The first-order chi connectivity index (χ1) is 8.56. The van der Waals surface area contributed by atoms with Crippen molar-refractivity contribution < 1.29 is 9.90 Å². The highest BCUT2D eigenvalue weighted by molar-refractivity contribution is 7.08. The van der Waals surface area contributed by atoms with Crippen LogP contribution in [0.3, 0.4) is 0 Å². The monoisotopic (exact) mass is 268 g/mol. The maximum atomic E-state index is 11.5. The Morgan fingerprint density at radius 2 is 2.33 bits per heavy atom. The Bertz CT molecular complexity index is 386. The fourth-order valence-corrected chi connectivity index (χ4v) is 2.21. The van der Waals surface area contributed by atoms with Crippen LogP contribution in [0.15, 0.2) is 29.0 Å². The van der Waals surface area contributed by atoms with Crippen molar-refractivity contribution in [3.63, 3.8) is 0 Å². The van der Waals surface area contributed by atoms with Crippen molar-refractivity contribution >= 4 is 17.4 Å². The second-order valence-electron chi connectivity index (χ2n) is 4.25. The van der Waals surface area contributed by atoms with Gasteiger partial charge in [-0.1, -0.05) is 12.2 Å². The molecule has 100 valence electrons. The number of thiophene rings is 1. The average Bonchev–Trinajstić information content (AvgIpc) is 2.87. The Balaban J connectivity index is 2.29. The molecular formula is C13H20N2O2S. The fraction of sp³-hybridized carbons (Fsp3) is 0.462. The van der Waals surface area contributed by atoms with Crippen LogP contribution in [0, 0.1) is 0 Å². The molecule has 0 radical (unpaired) electrons. The largest absolute Gasteiger partial charge is 0.384 e. The van der Waals surface area contributed by atoms with Crippen molar-refractivity contribution in [2.24, 2.45) is 0 Å². The third kappa shape index (κ3) is 4.89. The molecule has 0 aliphatic rings. The van der Waals surface area contributed by atoms with E-state index in [0.29, 0.717) is 6.54 Å². The van der Waals surface area contributed by atoms with Crippen molar-refractivity contribution in [3.05, 3.63) is 34.5 Å². The first-order valence-electron chi connectivity index (χ1n) is 5.94. The summed E-state index contributed by atoms with van der Waals surface area (Å²) in [5.74, 6) is 0. The number of nitrogens with one attached hydrogen (secondary N) is 2. The van der Waals surface area contributed by atoms with E-state index < -0.39 is 5.60 Å². The van der Waals surface area contributed by atoms with Gasteiger partial charge in [-0.2, -0.15) is 11.3 Å². The third-order valence-corrected chi connectivity index (χ3v) is 3.25. The molecule has 1 atom stereocenters. The van der Waals surface area contributed by atoms with Gasteiger partial charge in [0.2, 0.25) is 0 Å². The summed E-state index contributed by atoms with van der Waals surface area (Å²) in [6.45, 7) is 4.42. The van der Waals surface area contributed by atoms with Gasteiger partial charge < -0.3 is 15.7 Å². The molecule has 1 rings (SSSR count). The molecule has 0 aliphatic carbocycles. The number of carbonyl (C=O) groups is 1. The predicted octanol–water partition coefficient (Wildman–Crippen LogP) is 2.22. The number of amides is 2. The number of aliphatic hydroxyl groups is 1. The molecular weight excluding hydrogens is 248 g/mol. The van der Waals surface area contributed by atoms with E-state index in [0.717, 1.165) is 12.0 Å². The molecule has 0 fully saturated rings. The molecule has 0 spiro atoms. The smallest absolute Gasteiger partial charge is 0.314 e. The summed E-state index contributed by atoms with van der Waals surface area (Å²) in [5.41, 5.74) is -0.206. The van der Waals surface area contributed by atoms with E-state index in [1.165, 1.54) is 11.3 Å². The standard InChI is InChI=1S/C13H20N2O2S/c1-3-4-5-7-14-12(16)15-10-13(2,17)11-6-8-18-9-11/h3-4,6,8-9,17H,5,7,10H2,1-2H3,(H2,14,15,16). The molecule has 0 aromatic carbocycles. The number of rotatable bonds is 6. The lowest BCUT2D eigenvalue weighted by Gasteiger charge is -2.22. The zero-order chi connectivity index (χ0) is 13.4. The highest BCUT2D eigenvalue weighted by Gasteiger charge is 2.23. The summed E-state index contributed by atoms with van der Waals surface area (Å²) in [4.78, 5) is 11.5. The molecule has 1 aromatic heterocycles. The van der Waals surface area contributed by atoms with Gasteiger partial charge in [0, 0.05) is 6.54 Å². The van der Waals surface area contributed by atoms with E-state index in [-0.39, 0.29) is 12.6 Å². The van der Waals surface area contributed by atoms with Crippen LogP contribution in [0.2, 0.25) is 0 Å². The number of carbonyl (C=O) groups excluding carboxylic acids is 1. The fourth-order valence-electron chi connectivity index (χ4n) is 1.42. The van der Waals surface area contributed by atoms with Crippen LogP contribution in [0.4, 0.5) is 4.79 Å². The average molecular weight is 268 g/mol. The van der Waals surface area contributed by atoms with Crippen LogP contribution >= 0.6 is 11.3 Å². The molecule has 2 amide bonds. The molecule has 1 aromatic rings. The highest BCUT2D eigenvalue weighted by Crippen LogP contribution is 2.21. The summed E-state index contributed by atoms with van der Waals surface area (Å²) in [6.07, 6.45) is 4.74. The van der Waals surface area contributed by atoms with Gasteiger partial charge in [-0.25, -0.2) is 4.79 Å². The summed E-state index contributed by atoms with van der Waals surface area (Å²) < 4.78 is 0. The van der Waals surface area contributed by atoms with E-state index in [2.05, 4.69) is 10.6 Å². The minimum absolute atomic E-state index is 0.194. The maximum absolute atomic E-state index is 11.5. The Labute approximate surface area is 112 Å². The van der Waals surface area contributed by atoms with Crippen molar-refractivity contribution in [1.82, 2.24) is 10.6 Å². The van der Waals surface area contributed by atoms with Gasteiger partial charge in [-0.05, 0) is 42.7 Å². The summed E-state index contributed by atoms with van der Waals surface area (Å²) in [5, 5.41) is 19.4. The van der Waals surface area contributed by atoms with Crippen molar-refractivity contribution in [3.8, 4) is 0 Å². The number of hydrogen-bond donors (Lipinski definition) is 3. The molecule has 0 aliphatic heterocycles. The molecule has 3 N–H and O–H groups in total. The van der Waals surface area contributed by atoms with Crippen LogP contribution < -0.4 is 10.6 Å². The summed E-state index contributed by atoms with van der Waals surface area (Å²) >= 11 is 1.52. The lowest BCUT2D eigenvalue weighted by molar-refractivity contribution is 0.0598. The van der Waals surface area contributed by atoms with E-state index in [4.69, 9.17) is 0 Å². The third-order valence-electron chi connectivity index (χ3n) is 2.57. The van der Waals surface area contributed by atoms with Gasteiger partial charge in [-0.3, -0.25) is 0 Å². The Kier molecular flexibility index (Phi) is 5.88. The molecule has 18 heavy (non-hydrogen) atoms. The predicted molar refractivity (Wildman–Crippen MR) is 74.7 cm³/mol. The first-order valence-corrected chi connectivity index (χ1v) is 6.88. The highest BCUT2D eigenvalue weighted by atomic mass is 32.1. The Morgan fingerprint density at radius 3 is 2.94 bits per heavy atom. The molecule has 4 nitrogen and oxygen atoms in total. The Morgan fingerprint density at radius 1 is 1.56 bits per heavy atom. The second-order valence-corrected chi connectivity index (χ2v) is 5.03. The van der Waals surface area contributed by atoms with Crippen LogP contribution in [0.25, 0.3) is 0 Å². The molecule has 1 heterocycles. The van der Waals surface area contributed by atoms with Crippen molar-refractivity contribution in [2.75, 3.05) is 13.1 Å².